The molecule has 23 heavy (non-hydrogen) atoms. The zero-order valence-corrected chi connectivity index (χ0v) is 13.5. The van der Waals surface area contributed by atoms with Crippen molar-refractivity contribution in [1.82, 2.24) is 5.06 Å². The summed E-state index contributed by atoms with van der Waals surface area (Å²) in [5, 5.41) is 40.3. The summed E-state index contributed by atoms with van der Waals surface area (Å²) in [5.41, 5.74) is 0. The molecule has 2 saturated heterocycles. The highest BCUT2D eigenvalue weighted by Crippen LogP contribution is 2.35. The molecule has 0 amide bonds. The summed E-state index contributed by atoms with van der Waals surface area (Å²) in [5.74, 6) is -1.42. The Labute approximate surface area is 135 Å². The SMILES string of the molecule is CN(C)OC[C@H]1O[C@@](CO)(O[C@@H]2CC(O)CC(CO)O2)C[C@@H]1O. The maximum atomic E-state index is 10.1. The van der Waals surface area contributed by atoms with E-state index in [2.05, 4.69) is 0 Å². The average molecular weight is 337 g/mol. The minimum atomic E-state index is -1.42. The highest BCUT2D eigenvalue weighted by molar-refractivity contribution is 4.89. The molecule has 4 N–H and O–H groups in total. The van der Waals surface area contributed by atoms with E-state index in [1.165, 1.54) is 5.06 Å². The van der Waals surface area contributed by atoms with Crippen LogP contribution in [0.3, 0.4) is 0 Å². The fourth-order valence-corrected chi connectivity index (χ4v) is 2.82. The minimum Gasteiger partial charge on any atom is -0.394 e. The molecule has 2 aliphatic heterocycles. The summed E-state index contributed by atoms with van der Waals surface area (Å²) in [6.45, 7) is -0.583. The molecule has 2 aliphatic rings. The van der Waals surface area contributed by atoms with Crippen LogP contribution in [0.5, 0.6) is 0 Å². The summed E-state index contributed by atoms with van der Waals surface area (Å²) in [6.07, 6.45) is -2.94. The average Bonchev–Trinajstić information content (AvgIpc) is 2.81. The third-order valence-corrected chi connectivity index (χ3v) is 3.95. The third-order valence-electron chi connectivity index (χ3n) is 3.95. The van der Waals surface area contributed by atoms with Crippen molar-refractivity contribution in [3.8, 4) is 0 Å². The fourth-order valence-electron chi connectivity index (χ4n) is 2.82. The van der Waals surface area contributed by atoms with Gasteiger partial charge in [0.15, 0.2) is 12.1 Å². The Hall–Kier alpha value is -0.360. The summed E-state index contributed by atoms with van der Waals surface area (Å²) in [7, 11) is 3.42. The number of rotatable bonds is 7. The second-order valence-corrected chi connectivity index (χ2v) is 6.22. The van der Waals surface area contributed by atoms with Gasteiger partial charge in [0.2, 0.25) is 0 Å². The van der Waals surface area contributed by atoms with Crippen LogP contribution >= 0.6 is 0 Å². The first-order chi connectivity index (χ1) is 10.9. The topological polar surface area (TPSA) is 121 Å². The van der Waals surface area contributed by atoms with Gasteiger partial charge in [-0.05, 0) is 0 Å². The van der Waals surface area contributed by atoms with E-state index in [0.29, 0.717) is 6.42 Å². The van der Waals surface area contributed by atoms with Gasteiger partial charge in [0.25, 0.3) is 0 Å². The summed E-state index contributed by atoms with van der Waals surface area (Å²) in [4.78, 5) is 5.28. The Bertz CT molecular complexity index is 371. The maximum absolute atomic E-state index is 10.1. The summed E-state index contributed by atoms with van der Waals surface area (Å²) < 4.78 is 16.9. The van der Waals surface area contributed by atoms with Gasteiger partial charge in [0.05, 0.1) is 38.1 Å². The van der Waals surface area contributed by atoms with Crippen LogP contribution in [-0.4, -0.2) is 95.9 Å². The quantitative estimate of drug-likeness (QED) is 0.398. The van der Waals surface area contributed by atoms with E-state index < -0.39 is 43.1 Å². The molecule has 0 saturated carbocycles. The van der Waals surface area contributed by atoms with Crippen LogP contribution in [0.4, 0.5) is 0 Å². The maximum Gasteiger partial charge on any atom is 0.197 e. The van der Waals surface area contributed by atoms with Crippen molar-refractivity contribution >= 4 is 0 Å². The minimum absolute atomic E-state index is 0.0602. The first kappa shape index (κ1) is 19.0. The third kappa shape index (κ3) is 5.05. The van der Waals surface area contributed by atoms with Crippen LogP contribution < -0.4 is 0 Å². The van der Waals surface area contributed by atoms with Gasteiger partial charge >= 0.3 is 0 Å². The predicted molar refractivity (Wildman–Crippen MR) is 77.0 cm³/mol. The number of nitrogens with zero attached hydrogens (tertiary/aromatic N) is 1. The molecule has 9 heteroatoms. The van der Waals surface area contributed by atoms with Crippen LogP contribution in [0.2, 0.25) is 0 Å². The van der Waals surface area contributed by atoms with Gasteiger partial charge in [-0.25, -0.2) is 0 Å². The smallest absolute Gasteiger partial charge is 0.197 e. The Morgan fingerprint density at radius 1 is 1.22 bits per heavy atom. The molecular weight excluding hydrogens is 310 g/mol. The van der Waals surface area contributed by atoms with Gasteiger partial charge in [0, 0.05) is 33.4 Å². The van der Waals surface area contributed by atoms with Crippen LogP contribution in [0.1, 0.15) is 19.3 Å². The Kier molecular flexibility index (Phi) is 6.72. The molecule has 0 aliphatic carbocycles. The van der Waals surface area contributed by atoms with Crippen molar-refractivity contribution in [2.45, 2.75) is 55.8 Å². The molecule has 0 spiro atoms. The molecule has 2 unspecified atom stereocenters. The van der Waals surface area contributed by atoms with Crippen molar-refractivity contribution < 1.29 is 39.5 Å². The number of hydroxylamine groups is 2. The van der Waals surface area contributed by atoms with Gasteiger partial charge in [-0.15, -0.1) is 0 Å². The van der Waals surface area contributed by atoms with E-state index in [1.807, 2.05) is 0 Å². The molecule has 6 atom stereocenters. The molecule has 2 rings (SSSR count). The largest absolute Gasteiger partial charge is 0.394 e. The summed E-state index contributed by atoms with van der Waals surface area (Å²) >= 11 is 0. The van der Waals surface area contributed by atoms with Gasteiger partial charge in [0.1, 0.15) is 6.10 Å². The van der Waals surface area contributed by atoms with Crippen LogP contribution in [0.25, 0.3) is 0 Å². The first-order valence-electron chi connectivity index (χ1n) is 7.76. The van der Waals surface area contributed by atoms with Crippen molar-refractivity contribution in [3.05, 3.63) is 0 Å². The van der Waals surface area contributed by atoms with Crippen molar-refractivity contribution in [2.75, 3.05) is 33.9 Å². The zero-order chi connectivity index (χ0) is 17.0. The number of aliphatic hydroxyl groups is 4. The lowest BCUT2D eigenvalue weighted by Crippen LogP contribution is -2.47. The highest BCUT2D eigenvalue weighted by atomic mass is 16.8. The Balaban J connectivity index is 1.95. The number of hydrogen-bond donors (Lipinski definition) is 4. The molecule has 0 radical (unpaired) electrons. The number of hydrogen-bond acceptors (Lipinski definition) is 9. The lowest BCUT2D eigenvalue weighted by atomic mass is 10.1. The van der Waals surface area contributed by atoms with Crippen LogP contribution in [0.15, 0.2) is 0 Å². The molecule has 0 aromatic carbocycles. The first-order valence-corrected chi connectivity index (χ1v) is 7.76. The molecule has 2 heterocycles. The number of ether oxygens (including phenoxy) is 3. The lowest BCUT2D eigenvalue weighted by Gasteiger charge is -2.37. The van der Waals surface area contributed by atoms with Crippen LogP contribution in [-0.2, 0) is 19.0 Å². The molecule has 0 bridgehead atoms. The molecule has 0 aromatic rings. The predicted octanol–water partition coefficient (Wildman–Crippen LogP) is -1.81. The van der Waals surface area contributed by atoms with Crippen molar-refractivity contribution in [3.63, 3.8) is 0 Å². The molecule has 0 aromatic heterocycles. The molecule has 2 fully saturated rings. The van der Waals surface area contributed by atoms with Gasteiger partial charge in [-0.1, -0.05) is 0 Å². The molecule has 9 nitrogen and oxygen atoms in total. The van der Waals surface area contributed by atoms with E-state index in [4.69, 9.17) is 19.0 Å². The highest BCUT2D eigenvalue weighted by Gasteiger charge is 2.49. The van der Waals surface area contributed by atoms with E-state index in [1.54, 1.807) is 14.1 Å². The second-order valence-electron chi connectivity index (χ2n) is 6.22. The Morgan fingerprint density at radius 3 is 2.57 bits per heavy atom. The normalized spacial score (nSPS) is 41.6. The Morgan fingerprint density at radius 2 is 1.96 bits per heavy atom. The summed E-state index contributed by atoms with van der Waals surface area (Å²) in [6, 6.07) is 0. The molecular formula is C14H27NO8. The van der Waals surface area contributed by atoms with E-state index in [-0.39, 0.29) is 26.1 Å². The second kappa shape index (κ2) is 8.15. The van der Waals surface area contributed by atoms with E-state index >= 15 is 0 Å². The van der Waals surface area contributed by atoms with Crippen molar-refractivity contribution in [2.24, 2.45) is 0 Å². The monoisotopic (exact) mass is 337 g/mol. The van der Waals surface area contributed by atoms with E-state index in [0.717, 1.165) is 0 Å². The zero-order valence-electron chi connectivity index (χ0n) is 13.5. The van der Waals surface area contributed by atoms with E-state index in [9.17, 15) is 20.4 Å². The standard InChI is InChI=1S/C14H27NO8/c1-15(2)20-7-12-11(19)5-14(8-17,22-12)23-13-4-9(18)3-10(6-16)21-13/h9-13,16-19H,3-8H2,1-2H3/t9?,10?,11-,12+,13+,14+/m0/s1. The van der Waals surface area contributed by atoms with Gasteiger partial charge in [-0.2, -0.15) is 5.06 Å². The number of aliphatic hydroxyl groups excluding tert-OH is 4. The molecule has 136 valence electrons. The van der Waals surface area contributed by atoms with Gasteiger partial charge in [-0.3, -0.25) is 4.84 Å². The fraction of sp³-hybridized carbons (Fsp3) is 1.00. The van der Waals surface area contributed by atoms with Gasteiger partial charge < -0.3 is 34.6 Å². The lowest BCUT2D eigenvalue weighted by molar-refractivity contribution is -0.339. The van der Waals surface area contributed by atoms with Crippen molar-refractivity contribution in [1.29, 1.82) is 0 Å². The van der Waals surface area contributed by atoms with Crippen LogP contribution in [0, 0.1) is 0 Å².